The second-order valence-electron chi connectivity index (χ2n) is 6.26. The standard InChI is InChI=1S/C22H27NO4S/c1-3-21(24)27-14-12-23-11-7-13-26-18-8-6-15-28-20-10-5-4-9-19(20)22(25)17(2)16-18/h3-6,8-10,16-17,23H,1,7,11-15H2,2H3/b8-6-,18-16+. The topological polar surface area (TPSA) is 64.6 Å². The van der Waals surface area contributed by atoms with Crippen LogP contribution in [0.15, 0.2) is 65.8 Å². The first-order valence-electron chi connectivity index (χ1n) is 9.39. The highest BCUT2D eigenvalue weighted by Crippen LogP contribution is 2.27. The van der Waals surface area contributed by atoms with Crippen LogP contribution in [0.2, 0.25) is 0 Å². The zero-order chi connectivity index (χ0) is 20.2. The summed E-state index contributed by atoms with van der Waals surface area (Å²) in [6, 6.07) is 7.74. The molecule has 0 fully saturated rings. The minimum atomic E-state index is -0.413. The number of hydrogen-bond donors (Lipinski definition) is 1. The van der Waals surface area contributed by atoms with Gasteiger partial charge in [-0.3, -0.25) is 4.79 Å². The molecule has 0 radical (unpaired) electrons. The Bertz CT molecular complexity index is 742. The Hall–Kier alpha value is -2.31. The average molecular weight is 402 g/mol. The Morgan fingerprint density at radius 3 is 2.96 bits per heavy atom. The van der Waals surface area contributed by atoms with Gasteiger partial charge in [-0.05, 0) is 31.2 Å². The molecule has 0 amide bonds. The SMILES string of the molecule is C=CC(=O)OCCNCCCOC1=C/C(C)C(=O)c2ccccc2SC/C=C\1. The van der Waals surface area contributed by atoms with E-state index in [2.05, 4.69) is 18.0 Å². The van der Waals surface area contributed by atoms with Gasteiger partial charge in [0.1, 0.15) is 12.4 Å². The van der Waals surface area contributed by atoms with Gasteiger partial charge in [0.15, 0.2) is 5.78 Å². The summed E-state index contributed by atoms with van der Waals surface area (Å²) in [6.07, 6.45) is 7.83. The van der Waals surface area contributed by atoms with E-state index in [1.807, 2.05) is 43.3 Å². The van der Waals surface area contributed by atoms with Gasteiger partial charge in [-0.25, -0.2) is 4.79 Å². The first-order chi connectivity index (χ1) is 13.6. The quantitative estimate of drug-likeness (QED) is 0.386. The summed E-state index contributed by atoms with van der Waals surface area (Å²) in [7, 11) is 0. The summed E-state index contributed by atoms with van der Waals surface area (Å²) in [5.41, 5.74) is 0.771. The van der Waals surface area contributed by atoms with Crippen molar-refractivity contribution in [2.45, 2.75) is 18.2 Å². The summed E-state index contributed by atoms with van der Waals surface area (Å²) in [6.45, 7) is 7.44. The molecule has 0 saturated carbocycles. The maximum atomic E-state index is 12.8. The van der Waals surface area contributed by atoms with Crippen molar-refractivity contribution >= 4 is 23.5 Å². The second-order valence-corrected chi connectivity index (χ2v) is 7.32. The molecule has 1 aliphatic heterocycles. The molecule has 0 aromatic heterocycles. The number of rotatable bonds is 9. The minimum absolute atomic E-state index is 0.107. The van der Waals surface area contributed by atoms with Crippen molar-refractivity contribution in [3.63, 3.8) is 0 Å². The number of ketones is 1. The summed E-state index contributed by atoms with van der Waals surface area (Å²) in [5.74, 6) is 0.946. The molecular formula is C22H27NO4S. The Kier molecular flexibility index (Phi) is 9.59. The van der Waals surface area contributed by atoms with E-state index in [9.17, 15) is 9.59 Å². The summed E-state index contributed by atoms with van der Waals surface area (Å²) in [5, 5.41) is 3.18. The molecule has 1 N–H and O–H groups in total. The van der Waals surface area contributed by atoms with Gasteiger partial charge in [0.25, 0.3) is 0 Å². The largest absolute Gasteiger partial charge is 0.494 e. The highest BCUT2D eigenvalue weighted by molar-refractivity contribution is 7.99. The molecule has 1 aliphatic rings. The number of carbonyl (C=O) groups is 2. The van der Waals surface area contributed by atoms with Crippen molar-refractivity contribution in [3.05, 3.63) is 66.5 Å². The van der Waals surface area contributed by atoms with Gasteiger partial charge in [-0.15, -0.1) is 11.8 Å². The van der Waals surface area contributed by atoms with Crippen LogP contribution in [0.1, 0.15) is 23.7 Å². The van der Waals surface area contributed by atoms with Gasteiger partial charge in [0.05, 0.1) is 6.61 Å². The fraction of sp³-hybridized carbons (Fsp3) is 0.364. The number of allylic oxidation sites excluding steroid dienone is 2. The predicted molar refractivity (Wildman–Crippen MR) is 112 cm³/mol. The number of fused-ring (bicyclic) bond motifs is 1. The molecule has 0 bridgehead atoms. The van der Waals surface area contributed by atoms with E-state index in [-0.39, 0.29) is 11.7 Å². The van der Waals surface area contributed by atoms with E-state index >= 15 is 0 Å². The lowest BCUT2D eigenvalue weighted by atomic mass is 9.98. The lowest BCUT2D eigenvalue weighted by molar-refractivity contribution is -0.137. The first-order valence-corrected chi connectivity index (χ1v) is 10.4. The fourth-order valence-corrected chi connectivity index (χ4v) is 3.48. The first kappa shape index (κ1) is 22.0. The minimum Gasteiger partial charge on any atom is -0.494 e. The molecule has 1 atom stereocenters. The lowest BCUT2D eigenvalue weighted by Crippen LogP contribution is -2.22. The maximum Gasteiger partial charge on any atom is 0.330 e. The van der Waals surface area contributed by atoms with Crippen LogP contribution in [-0.4, -0.2) is 43.8 Å². The van der Waals surface area contributed by atoms with Crippen LogP contribution in [-0.2, 0) is 14.3 Å². The summed E-state index contributed by atoms with van der Waals surface area (Å²) >= 11 is 1.65. The lowest BCUT2D eigenvalue weighted by Gasteiger charge is -2.14. The molecule has 0 saturated heterocycles. The Labute approximate surface area is 170 Å². The van der Waals surface area contributed by atoms with Crippen molar-refractivity contribution < 1.29 is 19.1 Å². The highest BCUT2D eigenvalue weighted by atomic mass is 32.2. The molecule has 6 heteroatoms. The van der Waals surface area contributed by atoms with Gasteiger partial charge in [-0.1, -0.05) is 37.8 Å². The van der Waals surface area contributed by atoms with E-state index in [0.29, 0.717) is 19.8 Å². The van der Waals surface area contributed by atoms with Gasteiger partial charge >= 0.3 is 5.97 Å². The normalized spacial score (nSPS) is 19.7. The fourth-order valence-electron chi connectivity index (χ4n) is 2.61. The number of benzene rings is 1. The summed E-state index contributed by atoms with van der Waals surface area (Å²) in [4.78, 5) is 24.7. The number of thioether (sulfide) groups is 1. The van der Waals surface area contributed by atoms with E-state index in [1.54, 1.807) is 11.8 Å². The van der Waals surface area contributed by atoms with E-state index < -0.39 is 5.97 Å². The maximum absolute atomic E-state index is 12.8. The third-order valence-electron chi connectivity index (χ3n) is 4.05. The molecule has 5 nitrogen and oxygen atoms in total. The number of nitrogens with one attached hydrogen (secondary N) is 1. The van der Waals surface area contributed by atoms with Crippen LogP contribution >= 0.6 is 11.8 Å². The van der Waals surface area contributed by atoms with Crippen molar-refractivity contribution in [3.8, 4) is 0 Å². The Balaban J connectivity index is 1.79. The van der Waals surface area contributed by atoms with E-state index in [1.165, 1.54) is 0 Å². The zero-order valence-corrected chi connectivity index (χ0v) is 17.0. The number of Topliss-reactive ketones (excluding diaryl/α,β-unsaturated/α-hetero) is 1. The van der Waals surface area contributed by atoms with E-state index in [0.717, 1.165) is 41.0 Å². The molecule has 0 aliphatic carbocycles. The molecule has 1 unspecified atom stereocenters. The van der Waals surface area contributed by atoms with E-state index in [4.69, 9.17) is 9.47 Å². The molecule has 150 valence electrons. The van der Waals surface area contributed by atoms with Crippen LogP contribution in [0.3, 0.4) is 0 Å². The van der Waals surface area contributed by atoms with Crippen LogP contribution < -0.4 is 5.32 Å². The average Bonchev–Trinajstić information content (AvgIpc) is 2.71. The second kappa shape index (κ2) is 12.2. The smallest absolute Gasteiger partial charge is 0.330 e. The van der Waals surface area contributed by atoms with Crippen LogP contribution in [0.25, 0.3) is 0 Å². The molecule has 1 heterocycles. The van der Waals surface area contributed by atoms with Crippen molar-refractivity contribution in [1.82, 2.24) is 5.32 Å². The zero-order valence-electron chi connectivity index (χ0n) is 16.2. The number of carbonyl (C=O) groups excluding carboxylic acids is 2. The molecular weight excluding hydrogens is 374 g/mol. The van der Waals surface area contributed by atoms with Gasteiger partial charge in [0.2, 0.25) is 0 Å². The van der Waals surface area contributed by atoms with Crippen molar-refractivity contribution in [2.24, 2.45) is 5.92 Å². The van der Waals surface area contributed by atoms with Crippen LogP contribution in [0.4, 0.5) is 0 Å². The third-order valence-corrected chi connectivity index (χ3v) is 5.08. The van der Waals surface area contributed by atoms with Crippen LogP contribution in [0, 0.1) is 5.92 Å². The third kappa shape index (κ3) is 7.37. The van der Waals surface area contributed by atoms with Gasteiger partial charge < -0.3 is 14.8 Å². The summed E-state index contributed by atoms with van der Waals surface area (Å²) < 4.78 is 10.7. The number of esters is 1. The Morgan fingerprint density at radius 2 is 2.14 bits per heavy atom. The van der Waals surface area contributed by atoms with Crippen molar-refractivity contribution in [2.75, 3.05) is 32.1 Å². The van der Waals surface area contributed by atoms with Crippen molar-refractivity contribution in [1.29, 1.82) is 0 Å². The highest BCUT2D eigenvalue weighted by Gasteiger charge is 2.18. The molecule has 28 heavy (non-hydrogen) atoms. The van der Waals surface area contributed by atoms with Gasteiger partial charge in [0, 0.05) is 34.8 Å². The number of ether oxygens (including phenoxy) is 2. The molecule has 0 spiro atoms. The molecule has 2 rings (SSSR count). The monoisotopic (exact) mass is 401 g/mol. The van der Waals surface area contributed by atoms with Gasteiger partial charge in [-0.2, -0.15) is 0 Å². The predicted octanol–water partition coefficient (Wildman–Crippen LogP) is 3.78. The molecule has 1 aromatic rings. The van der Waals surface area contributed by atoms with Crippen LogP contribution in [0.5, 0.6) is 0 Å². The Morgan fingerprint density at radius 1 is 1.32 bits per heavy atom. The molecule has 1 aromatic carbocycles. The number of hydrogen-bond acceptors (Lipinski definition) is 6.